The number of rotatable bonds is 5. The van der Waals surface area contributed by atoms with Crippen LogP contribution in [0, 0.1) is 0 Å². The van der Waals surface area contributed by atoms with E-state index in [2.05, 4.69) is 5.32 Å². The zero-order valence-electron chi connectivity index (χ0n) is 9.36. The van der Waals surface area contributed by atoms with Gasteiger partial charge in [-0.3, -0.25) is 4.79 Å². The molecule has 0 amide bonds. The van der Waals surface area contributed by atoms with Gasteiger partial charge in [-0.2, -0.15) is 0 Å². The lowest BCUT2D eigenvalue weighted by atomic mass is 10.2. The molecule has 0 saturated heterocycles. The van der Waals surface area contributed by atoms with Crippen molar-refractivity contribution in [2.45, 2.75) is 20.0 Å². The molecule has 0 atom stereocenters. The summed E-state index contributed by atoms with van der Waals surface area (Å²) in [5.41, 5.74) is 6.93. The van der Waals surface area contributed by atoms with Crippen LogP contribution in [0.4, 0.5) is 11.4 Å². The number of hydrogen-bond acceptors (Lipinski definition) is 4. The molecule has 0 aliphatic carbocycles. The van der Waals surface area contributed by atoms with Crippen molar-refractivity contribution in [2.24, 2.45) is 0 Å². The number of aliphatic carboxylic acids is 1. The number of anilines is 2. The number of carbonyl (C=O) groups is 1. The fraction of sp³-hybridized carbons (Fsp3) is 0.364. The number of benzene rings is 1. The Morgan fingerprint density at radius 2 is 2.25 bits per heavy atom. The molecule has 5 heteroatoms. The van der Waals surface area contributed by atoms with E-state index in [1.165, 1.54) is 0 Å². The third-order valence-electron chi connectivity index (χ3n) is 1.82. The molecule has 0 heterocycles. The molecule has 1 aromatic rings. The molecule has 1 aromatic carbocycles. The molecule has 88 valence electrons. The normalized spacial score (nSPS) is 10.2. The molecular weight excluding hydrogens is 208 g/mol. The first-order chi connectivity index (χ1) is 7.49. The van der Waals surface area contributed by atoms with E-state index in [0.29, 0.717) is 17.1 Å². The van der Waals surface area contributed by atoms with Gasteiger partial charge in [-0.15, -0.1) is 0 Å². The van der Waals surface area contributed by atoms with Crippen LogP contribution in [0.25, 0.3) is 0 Å². The van der Waals surface area contributed by atoms with Gasteiger partial charge in [0.15, 0.2) is 0 Å². The average Bonchev–Trinajstić information content (AvgIpc) is 2.18. The fourth-order valence-corrected chi connectivity index (χ4v) is 1.18. The highest BCUT2D eigenvalue weighted by Crippen LogP contribution is 2.26. The first-order valence-electron chi connectivity index (χ1n) is 5.01. The molecule has 16 heavy (non-hydrogen) atoms. The number of nitrogens with two attached hydrogens (primary N) is 1. The molecule has 0 saturated carbocycles. The van der Waals surface area contributed by atoms with E-state index in [1.807, 2.05) is 13.8 Å². The van der Waals surface area contributed by atoms with Crippen LogP contribution in [-0.4, -0.2) is 23.7 Å². The van der Waals surface area contributed by atoms with Gasteiger partial charge in [0, 0.05) is 11.8 Å². The van der Waals surface area contributed by atoms with Gasteiger partial charge >= 0.3 is 5.97 Å². The number of ether oxygens (including phenoxy) is 1. The number of nitrogens with one attached hydrogen (secondary N) is 1. The van der Waals surface area contributed by atoms with Crippen molar-refractivity contribution >= 4 is 17.3 Å². The minimum absolute atomic E-state index is 0.0250. The van der Waals surface area contributed by atoms with Gasteiger partial charge in [0.05, 0.1) is 11.8 Å². The Bertz CT molecular complexity index is 377. The van der Waals surface area contributed by atoms with Gasteiger partial charge < -0.3 is 20.9 Å². The zero-order valence-corrected chi connectivity index (χ0v) is 9.36. The molecule has 0 bridgehead atoms. The van der Waals surface area contributed by atoms with Gasteiger partial charge in [0.25, 0.3) is 0 Å². The quantitative estimate of drug-likeness (QED) is 0.661. The maximum Gasteiger partial charge on any atom is 0.322 e. The summed E-state index contributed by atoms with van der Waals surface area (Å²) in [6.45, 7) is 3.67. The first-order valence-corrected chi connectivity index (χ1v) is 5.01. The maximum absolute atomic E-state index is 10.4. The van der Waals surface area contributed by atoms with E-state index < -0.39 is 5.97 Å². The van der Waals surface area contributed by atoms with Gasteiger partial charge in [-0.1, -0.05) is 0 Å². The van der Waals surface area contributed by atoms with Crippen LogP contribution in [0.2, 0.25) is 0 Å². The van der Waals surface area contributed by atoms with Gasteiger partial charge in [-0.05, 0) is 26.0 Å². The van der Waals surface area contributed by atoms with Crippen LogP contribution >= 0.6 is 0 Å². The van der Waals surface area contributed by atoms with Crippen LogP contribution in [0.15, 0.2) is 18.2 Å². The van der Waals surface area contributed by atoms with Crippen molar-refractivity contribution < 1.29 is 14.6 Å². The standard InChI is InChI=1S/C11H16N2O3/c1-7(2)16-10-5-8(3-4-9(10)12)13-6-11(14)15/h3-5,7,13H,6,12H2,1-2H3,(H,14,15). The summed E-state index contributed by atoms with van der Waals surface area (Å²) in [5, 5.41) is 11.3. The highest BCUT2D eigenvalue weighted by molar-refractivity contribution is 5.73. The van der Waals surface area contributed by atoms with E-state index in [1.54, 1.807) is 18.2 Å². The molecular formula is C11H16N2O3. The third kappa shape index (κ3) is 3.68. The molecule has 0 spiro atoms. The Balaban J connectivity index is 2.76. The second-order valence-electron chi connectivity index (χ2n) is 3.67. The first kappa shape index (κ1) is 12.2. The van der Waals surface area contributed by atoms with Crippen molar-refractivity contribution in [2.75, 3.05) is 17.6 Å². The summed E-state index contributed by atoms with van der Waals surface area (Å²) in [7, 11) is 0. The summed E-state index contributed by atoms with van der Waals surface area (Å²) >= 11 is 0. The fourth-order valence-electron chi connectivity index (χ4n) is 1.18. The lowest BCUT2D eigenvalue weighted by molar-refractivity contribution is -0.134. The van der Waals surface area contributed by atoms with Crippen LogP contribution in [-0.2, 0) is 4.79 Å². The Morgan fingerprint density at radius 3 is 2.81 bits per heavy atom. The maximum atomic E-state index is 10.4. The smallest absolute Gasteiger partial charge is 0.322 e. The van der Waals surface area contributed by atoms with Crippen LogP contribution in [0.5, 0.6) is 5.75 Å². The summed E-state index contributed by atoms with van der Waals surface area (Å²) in [5.74, 6) is -0.353. The SMILES string of the molecule is CC(C)Oc1cc(NCC(=O)O)ccc1N. The molecule has 0 unspecified atom stereocenters. The zero-order chi connectivity index (χ0) is 12.1. The third-order valence-corrected chi connectivity index (χ3v) is 1.82. The number of carboxylic acids is 1. The Morgan fingerprint density at radius 1 is 1.56 bits per heavy atom. The summed E-state index contributed by atoms with van der Waals surface area (Å²) in [6, 6.07) is 5.09. The molecule has 0 radical (unpaired) electrons. The van der Waals surface area contributed by atoms with E-state index >= 15 is 0 Å². The summed E-state index contributed by atoms with van der Waals surface area (Å²) in [4.78, 5) is 10.4. The predicted octanol–water partition coefficient (Wildman–Crippen LogP) is 1.55. The lowest BCUT2D eigenvalue weighted by Crippen LogP contribution is -2.13. The second-order valence-corrected chi connectivity index (χ2v) is 3.67. The van der Waals surface area contributed by atoms with Gasteiger partial charge in [-0.25, -0.2) is 0 Å². The second kappa shape index (κ2) is 5.25. The monoisotopic (exact) mass is 224 g/mol. The van der Waals surface area contributed by atoms with E-state index in [9.17, 15) is 4.79 Å². The van der Waals surface area contributed by atoms with Crippen molar-refractivity contribution in [1.82, 2.24) is 0 Å². The average molecular weight is 224 g/mol. The van der Waals surface area contributed by atoms with Crippen molar-refractivity contribution in [3.05, 3.63) is 18.2 Å². The Kier molecular flexibility index (Phi) is 3.99. The topological polar surface area (TPSA) is 84.6 Å². The van der Waals surface area contributed by atoms with Crippen LogP contribution in [0.3, 0.4) is 0 Å². The number of nitrogen functional groups attached to an aromatic ring is 1. The number of carboxylic acid groups (broad SMARTS) is 1. The molecule has 0 fully saturated rings. The van der Waals surface area contributed by atoms with Crippen LogP contribution in [0.1, 0.15) is 13.8 Å². The molecule has 4 N–H and O–H groups in total. The Hall–Kier alpha value is -1.91. The van der Waals surface area contributed by atoms with E-state index in [0.717, 1.165) is 0 Å². The van der Waals surface area contributed by atoms with Crippen molar-refractivity contribution in [3.8, 4) is 5.75 Å². The molecule has 0 aliphatic rings. The number of hydrogen-bond donors (Lipinski definition) is 3. The minimum Gasteiger partial charge on any atom is -0.489 e. The van der Waals surface area contributed by atoms with Crippen molar-refractivity contribution in [3.63, 3.8) is 0 Å². The lowest BCUT2D eigenvalue weighted by Gasteiger charge is -2.13. The van der Waals surface area contributed by atoms with Crippen LogP contribution < -0.4 is 15.8 Å². The molecule has 0 aromatic heterocycles. The molecule has 0 aliphatic heterocycles. The molecule has 5 nitrogen and oxygen atoms in total. The largest absolute Gasteiger partial charge is 0.489 e. The summed E-state index contributed by atoms with van der Waals surface area (Å²) < 4.78 is 5.48. The Labute approximate surface area is 94.2 Å². The minimum atomic E-state index is -0.914. The van der Waals surface area contributed by atoms with Gasteiger partial charge in [0.1, 0.15) is 12.3 Å². The molecule has 1 rings (SSSR count). The van der Waals surface area contributed by atoms with Crippen molar-refractivity contribution in [1.29, 1.82) is 0 Å². The van der Waals surface area contributed by atoms with E-state index in [4.69, 9.17) is 15.6 Å². The van der Waals surface area contributed by atoms with E-state index in [-0.39, 0.29) is 12.6 Å². The summed E-state index contributed by atoms with van der Waals surface area (Å²) in [6.07, 6.45) is 0.0250. The predicted molar refractivity (Wildman–Crippen MR) is 62.7 cm³/mol. The highest BCUT2D eigenvalue weighted by Gasteiger charge is 2.05. The van der Waals surface area contributed by atoms with Gasteiger partial charge in [0.2, 0.25) is 0 Å². The highest BCUT2D eigenvalue weighted by atomic mass is 16.5.